The van der Waals surface area contributed by atoms with Gasteiger partial charge in [-0.25, -0.2) is 0 Å². The van der Waals surface area contributed by atoms with Gasteiger partial charge >= 0.3 is 0 Å². The number of oxime groups is 4. The monoisotopic (exact) mass is 290 g/mol. The third-order valence-electron chi connectivity index (χ3n) is 1.65. The summed E-state index contributed by atoms with van der Waals surface area (Å²) in [5.41, 5.74) is 1.25. The SMILES string of the molecule is CC(=NO)C(C)=NO.CC(=NO)C(C)=NO.[Ni]. The van der Waals surface area contributed by atoms with Gasteiger partial charge in [-0.2, -0.15) is 0 Å². The summed E-state index contributed by atoms with van der Waals surface area (Å²) >= 11 is 0. The first-order chi connectivity index (χ1) is 7.44. The van der Waals surface area contributed by atoms with E-state index < -0.39 is 0 Å². The third kappa shape index (κ3) is 10.7. The van der Waals surface area contributed by atoms with Crippen LogP contribution < -0.4 is 0 Å². The van der Waals surface area contributed by atoms with Gasteiger partial charge in [0.25, 0.3) is 0 Å². The molecule has 0 aliphatic rings. The standard InChI is InChI=1S/2C4H8N2O2.Ni/c2*1-3(5-7)4(2)6-8;/h2*7-8H,1-2H3;. The van der Waals surface area contributed by atoms with Crippen LogP contribution in [0.1, 0.15) is 27.7 Å². The van der Waals surface area contributed by atoms with Crippen LogP contribution in [0, 0.1) is 0 Å². The molecule has 0 fully saturated rings. The third-order valence-corrected chi connectivity index (χ3v) is 1.65. The van der Waals surface area contributed by atoms with Gasteiger partial charge in [0.1, 0.15) is 22.8 Å². The summed E-state index contributed by atoms with van der Waals surface area (Å²) < 4.78 is 0. The van der Waals surface area contributed by atoms with Gasteiger partial charge in [0.15, 0.2) is 0 Å². The molecule has 8 nitrogen and oxygen atoms in total. The Balaban J connectivity index is -0.000000218. The minimum Gasteiger partial charge on any atom is -0.411 e. The molecule has 0 amide bonds. The fourth-order valence-electron chi connectivity index (χ4n) is 0.289. The van der Waals surface area contributed by atoms with Crippen LogP contribution in [0.15, 0.2) is 20.6 Å². The van der Waals surface area contributed by atoms with Crippen molar-refractivity contribution in [3.8, 4) is 0 Å². The second-order valence-corrected chi connectivity index (χ2v) is 2.74. The van der Waals surface area contributed by atoms with E-state index in [4.69, 9.17) is 20.8 Å². The van der Waals surface area contributed by atoms with Crippen molar-refractivity contribution in [1.82, 2.24) is 0 Å². The van der Waals surface area contributed by atoms with E-state index >= 15 is 0 Å². The first-order valence-corrected chi connectivity index (χ1v) is 4.19. The van der Waals surface area contributed by atoms with Crippen molar-refractivity contribution in [3.63, 3.8) is 0 Å². The molecule has 9 heteroatoms. The van der Waals surface area contributed by atoms with E-state index in [2.05, 4.69) is 20.6 Å². The molecule has 0 unspecified atom stereocenters. The van der Waals surface area contributed by atoms with Crippen LogP contribution in [0.3, 0.4) is 0 Å². The Kier molecular flexibility index (Phi) is 15.2. The van der Waals surface area contributed by atoms with E-state index in [1.165, 1.54) is 27.7 Å². The van der Waals surface area contributed by atoms with Crippen LogP contribution in [-0.4, -0.2) is 43.7 Å². The van der Waals surface area contributed by atoms with E-state index in [1.807, 2.05) is 0 Å². The van der Waals surface area contributed by atoms with Gasteiger partial charge in [0.2, 0.25) is 0 Å². The Morgan fingerprint density at radius 1 is 0.529 bits per heavy atom. The van der Waals surface area contributed by atoms with Gasteiger partial charge in [-0.1, -0.05) is 20.6 Å². The minimum absolute atomic E-state index is 0. The number of hydrogen-bond donors (Lipinski definition) is 4. The Morgan fingerprint density at radius 2 is 0.647 bits per heavy atom. The molecule has 0 saturated carbocycles. The molecular formula is C8H16N4NiO4. The predicted molar refractivity (Wildman–Crippen MR) is 59.6 cm³/mol. The molecule has 0 spiro atoms. The zero-order chi connectivity index (χ0) is 13.1. The van der Waals surface area contributed by atoms with E-state index in [9.17, 15) is 0 Å². The van der Waals surface area contributed by atoms with Crippen LogP contribution >= 0.6 is 0 Å². The summed E-state index contributed by atoms with van der Waals surface area (Å²) in [4.78, 5) is 0. The smallest absolute Gasteiger partial charge is 0.101 e. The molecule has 0 aromatic carbocycles. The van der Waals surface area contributed by atoms with Crippen molar-refractivity contribution < 1.29 is 37.3 Å². The van der Waals surface area contributed by atoms with Crippen molar-refractivity contribution in [3.05, 3.63) is 0 Å². The second kappa shape index (κ2) is 12.4. The molecular weight excluding hydrogens is 275 g/mol. The molecule has 17 heavy (non-hydrogen) atoms. The van der Waals surface area contributed by atoms with Crippen molar-refractivity contribution in [2.45, 2.75) is 27.7 Å². The maximum absolute atomic E-state index is 8.03. The molecule has 4 N–H and O–H groups in total. The molecule has 0 saturated heterocycles. The maximum Gasteiger partial charge on any atom is 0.101 e. The van der Waals surface area contributed by atoms with Crippen LogP contribution in [0.5, 0.6) is 0 Å². The normalized spacial score (nSPS) is 13.4. The molecule has 0 radical (unpaired) electrons. The zero-order valence-corrected chi connectivity index (χ0v) is 10.9. The molecule has 0 aromatic heterocycles. The average Bonchev–Trinajstić information content (AvgIpc) is 2.35. The van der Waals surface area contributed by atoms with Crippen molar-refractivity contribution in [2.24, 2.45) is 20.6 Å². The quantitative estimate of drug-likeness (QED) is 0.265. The molecule has 0 bridgehead atoms. The van der Waals surface area contributed by atoms with Gasteiger partial charge in [-0.05, 0) is 27.7 Å². The molecule has 0 aliphatic carbocycles. The van der Waals surface area contributed by atoms with Gasteiger partial charge in [0.05, 0.1) is 0 Å². The molecule has 0 aliphatic heterocycles. The fraction of sp³-hybridized carbons (Fsp3) is 0.500. The molecule has 0 atom stereocenters. The summed E-state index contributed by atoms with van der Waals surface area (Å²) in [5.74, 6) is 0. The van der Waals surface area contributed by atoms with Gasteiger partial charge in [-0.3, -0.25) is 0 Å². The molecule has 0 heterocycles. The Labute approximate surface area is 109 Å². The zero-order valence-electron chi connectivity index (χ0n) is 9.89. The first kappa shape index (κ1) is 20.7. The number of rotatable bonds is 2. The Bertz CT molecular complexity index is 261. The van der Waals surface area contributed by atoms with Crippen molar-refractivity contribution in [2.75, 3.05) is 0 Å². The Hall–Kier alpha value is -1.63. The molecule has 0 rings (SSSR count). The van der Waals surface area contributed by atoms with E-state index in [0.717, 1.165) is 0 Å². The van der Waals surface area contributed by atoms with Crippen LogP contribution in [-0.2, 0) is 16.5 Å². The summed E-state index contributed by atoms with van der Waals surface area (Å²) in [5, 5.41) is 43.3. The van der Waals surface area contributed by atoms with E-state index in [1.54, 1.807) is 0 Å². The predicted octanol–water partition coefficient (Wildman–Crippen LogP) is 1.37. The Morgan fingerprint density at radius 3 is 0.706 bits per heavy atom. The summed E-state index contributed by atoms with van der Waals surface area (Å²) in [6.07, 6.45) is 0. The maximum atomic E-state index is 8.03. The second-order valence-electron chi connectivity index (χ2n) is 2.74. The molecule has 102 valence electrons. The minimum atomic E-state index is 0. The topological polar surface area (TPSA) is 130 Å². The van der Waals surface area contributed by atoms with Gasteiger partial charge in [-0.15, -0.1) is 0 Å². The van der Waals surface area contributed by atoms with Crippen LogP contribution in [0.25, 0.3) is 0 Å². The average molecular weight is 291 g/mol. The van der Waals surface area contributed by atoms with Crippen molar-refractivity contribution >= 4 is 22.8 Å². The van der Waals surface area contributed by atoms with Crippen LogP contribution in [0.2, 0.25) is 0 Å². The number of nitrogens with zero attached hydrogens (tertiary/aromatic N) is 4. The van der Waals surface area contributed by atoms with Crippen molar-refractivity contribution in [1.29, 1.82) is 0 Å². The summed E-state index contributed by atoms with van der Waals surface area (Å²) in [6, 6.07) is 0. The van der Waals surface area contributed by atoms with Gasteiger partial charge < -0.3 is 20.8 Å². The summed E-state index contributed by atoms with van der Waals surface area (Å²) in [6.45, 7) is 6.15. The van der Waals surface area contributed by atoms with Gasteiger partial charge in [0, 0.05) is 16.5 Å². The molecule has 0 aromatic rings. The largest absolute Gasteiger partial charge is 0.411 e. The first-order valence-electron chi connectivity index (χ1n) is 4.19. The van der Waals surface area contributed by atoms with Crippen LogP contribution in [0.4, 0.5) is 0 Å². The summed E-state index contributed by atoms with van der Waals surface area (Å²) in [7, 11) is 0. The van der Waals surface area contributed by atoms with E-state index in [0.29, 0.717) is 22.8 Å². The number of hydrogen-bond acceptors (Lipinski definition) is 8. The fourth-order valence-corrected chi connectivity index (χ4v) is 0.289. The van der Waals surface area contributed by atoms with E-state index in [-0.39, 0.29) is 16.5 Å².